The van der Waals surface area contributed by atoms with Crippen LogP contribution in [0.3, 0.4) is 0 Å². The molecule has 0 spiro atoms. The number of aromatic nitrogens is 2. The van der Waals surface area contributed by atoms with E-state index in [1.165, 1.54) is 28.0 Å². The fourth-order valence-corrected chi connectivity index (χ4v) is 0.860. The van der Waals surface area contributed by atoms with Gasteiger partial charge >= 0.3 is 5.69 Å². The number of rotatable bonds is 1. The minimum atomic E-state index is -0.451. The Morgan fingerprint density at radius 2 is 2.27 bits per heavy atom. The third kappa shape index (κ3) is 1.91. The van der Waals surface area contributed by atoms with Crippen molar-refractivity contribution < 1.29 is 0 Å². The van der Waals surface area contributed by atoms with E-state index in [4.69, 9.17) is 0 Å². The number of hydrogen-bond donors (Lipinski definition) is 1. The third-order valence-electron chi connectivity index (χ3n) is 1.07. The van der Waals surface area contributed by atoms with E-state index in [0.717, 1.165) is 0 Å². The van der Waals surface area contributed by atoms with Gasteiger partial charge in [0.15, 0.2) is 0 Å². The molecule has 0 radical (unpaired) electrons. The molecule has 58 valence electrons. The Bertz CT molecular complexity index is 377. The van der Waals surface area contributed by atoms with Gasteiger partial charge in [-0.25, -0.2) is 4.79 Å². The summed E-state index contributed by atoms with van der Waals surface area (Å²) in [5.74, 6) is 0. The molecule has 1 aromatic rings. The zero-order valence-electron chi connectivity index (χ0n) is 5.45. The fourth-order valence-electron chi connectivity index (χ4n) is 0.605. The van der Waals surface area contributed by atoms with Crippen molar-refractivity contribution in [2.24, 2.45) is 0 Å². The quantitative estimate of drug-likeness (QED) is 0.738. The third-order valence-corrected chi connectivity index (χ3v) is 1.30. The van der Waals surface area contributed by atoms with Crippen LogP contribution in [0.5, 0.6) is 0 Å². The number of nitrogens with zero attached hydrogens (tertiary/aromatic N) is 1. The molecule has 0 bridgehead atoms. The summed E-state index contributed by atoms with van der Waals surface area (Å²) in [4.78, 5) is 25.0. The monoisotopic (exact) mass is 216 g/mol. The largest absolute Gasteiger partial charge is 0.332 e. The molecule has 0 aromatic carbocycles. The van der Waals surface area contributed by atoms with Gasteiger partial charge in [-0.15, -0.1) is 0 Å². The van der Waals surface area contributed by atoms with Gasteiger partial charge in [0, 0.05) is 18.5 Å². The van der Waals surface area contributed by atoms with Gasteiger partial charge in [-0.05, 0) is 4.99 Å². The standard InChI is InChI=1S/C6H5BrN2O2/c7-2-4-9-3-1-5(10)8-6(9)11/h1-4H,(H,8,10,11). The van der Waals surface area contributed by atoms with Crippen LogP contribution >= 0.6 is 15.9 Å². The first kappa shape index (κ1) is 8.00. The summed E-state index contributed by atoms with van der Waals surface area (Å²) in [5, 5.41) is 0. The number of nitrogens with one attached hydrogen (secondary N) is 1. The molecule has 5 heteroatoms. The molecule has 0 atom stereocenters. The average Bonchev–Trinajstić information content (AvgIpc) is 1.95. The van der Waals surface area contributed by atoms with E-state index in [-0.39, 0.29) is 0 Å². The van der Waals surface area contributed by atoms with Crippen molar-refractivity contribution in [3.63, 3.8) is 0 Å². The van der Waals surface area contributed by atoms with Crippen LogP contribution in [0.2, 0.25) is 0 Å². The molecule has 1 aromatic heterocycles. The number of hydrogen-bond acceptors (Lipinski definition) is 2. The van der Waals surface area contributed by atoms with E-state index in [1.807, 2.05) is 0 Å². The minimum absolute atomic E-state index is 0.394. The SMILES string of the molecule is O=c1ccn(C=CBr)c(=O)[nH]1. The number of aromatic amines is 1. The fraction of sp³-hybridized carbons (Fsp3) is 0. The van der Waals surface area contributed by atoms with Crippen LogP contribution in [-0.4, -0.2) is 9.55 Å². The first-order chi connectivity index (χ1) is 5.24. The maximum Gasteiger partial charge on any atom is 0.332 e. The molecule has 0 saturated heterocycles. The molecule has 1 rings (SSSR count). The number of halogens is 1. The second kappa shape index (κ2) is 3.34. The Morgan fingerprint density at radius 3 is 2.82 bits per heavy atom. The predicted octanol–water partition coefficient (Wildman–Crippen LogP) is 0.360. The van der Waals surface area contributed by atoms with E-state index < -0.39 is 11.2 Å². The van der Waals surface area contributed by atoms with Crippen molar-refractivity contribution in [2.75, 3.05) is 0 Å². The Labute approximate surface area is 70.3 Å². The summed E-state index contributed by atoms with van der Waals surface area (Å²) in [6.45, 7) is 0. The Kier molecular flexibility index (Phi) is 2.43. The van der Waals surface area contributed by atoms with Crippen LogP contribution in [0.15, 0.2) is 26.8 Å². The van der Waals surface area contributed by atoms with Crippen molar-refractivity contribution in [1.29, 1.82) is 0 Å². The van der Waals surface area contributed by atoms with Gasteiger partial charge in [0.2, 0.25) is 0 Å². The van der Waals surface area contributed by atoms with Crippen molar-refractivity contribution in [1.82, 2.24) is 9.55 Å². The lowest BCUT2D eigenvalue weighted by atomic mass is 10.6. The molecule has 0 unspecified atom stereocenters. The second-order valence-electron chi connectivity index (χ2n) is 1.79. The highest BCUT2D eigenvalue weighted by Gasteiger charge is 1.88. The van der Waals surface area contributed by atoms with Gasteiger partial charge in [-0.1, -0.05) is 15.9 Å². The molecule has 0 fully saturated rings. The van der Waals surface area contributed by atoms with Gasteiger partial charge in [0.25, 0.3) is 5.56 Å². The van der Waals surface area contributed by atoms with Crippen LogP contribution in [0, 0.1) is 0 Å². The Hall–Kier alpha value is -1.10. The summed E-state index contributed by atoms with van der Waals surface area (Å²) in [5.41, 5.74) is -0.845. The zero-order chi connectivity index (χ0) is 8.27. The summed E-state index contributed by atoms with van der Waals surface area (Å²) in [7, 11) is 0. The summed E-state index contributed by atoms with van der Waals surface area (Å²) >= 11 is 3.01. The molecule has 0 aliphatic carbocycles. The maximum absolute atomic E-state index is 10.9. The van der Waals surface area contributed by atoms with E-state index in [9.17, 15) is 9.59 Å². The predicted molar refractivity (Wildman–Crippen MR) is 45.6 cm³/mol. The lowest BCUT2D eigenvalue weighted by molar-refractivity contribution is 0.939. The van der Waals surface area contributed by atoms with Gasteiger partial charge in [-0.2, -0.15) is 0 Å². The first-order valence-electron chi connectivity index (χ1n) is 2.82. The maximum atomic E-state index is 10.9. The molecule has 11 heavy (non-hydrogen) atoms. The highest BCUT2D eigenvalue weighted by atomic mass is 79.9. The second-order valence-corrected chi connectivity index (χ2v) is 2.32. The lowest BCUT2D eigenvalue weighted by Crippen LogP contribution is -2.25. The van der Waals surface area contributed by atoms with Gasteiger partial charge in [-0.3, -0.25) is 14.3 Å². The number of H-pyrrole nitrogens is 1. The topological polar surface area (TPSA) is 54.9 Å². The van der Waals surface area contributed by atoms with Crippen LogP contribution in [0.1, 0.15) is 0 Å². The lowest BCUT2D eigenvalue weighted by Gasteiger charge is -1.92. The molecule has 0 aliphatic rings. The molecule has 0 aliphatic heterocycles. The normalized spacial score (nSPS) is 10.6. The molecule has 1 N–H and O–H groups in total. The van der Waals surface area contributed by atoms with E-state index in [1.54, 1.807) is 0 Å². The first-order valence-corrected chi connectivity index (χ1v) is 3.74. The van der Waals surface area contributed by atoms with Gasteiger partial charge in [0.05, 0.1) is 0 Å². The van der Waals surface area contributed by atoms with Crippen LogP contribution in [0.25, 0.3) is 6.20 Å². The smallest absolute Gasteiger partial charge is 0.276 e. The minimum Gasteiger partial charge on any atom is -0.276 e. The molecule has 1 heterocycles. The van der Waals surface area contributed by atoms with Crippen LogP contribution in [-0.2, 0) is 0 Å². The molecule has 4 nitrogen and oxygen atoms in total. The van der Waals surface area contributed by atoms with Crippen LogP contribution in [0.4, 0.5) is 0 Å². The van der Waals surface area contributed by atoms with Crippen molar-refractivity contribution in [3.05, 3.63) is 38.1 Å². The molecular formula is C6H5BrN2O2. The van der Waals surface area contributed by atoms with Crippen LogP contribution < -0.4 is 11.2 Å². The van der Waals surface area contributed by atoms with E-state index in [0.29, 0.717) is 0 Å². The Morgan fingerprint density at radius 1 is 1.55 bits per heavy atom. The van der Waals surface area contributed by atoms with Crippen molar-refractivity contribution >= 4 is 22.1 Å². The summed E-state index contributed by atoms with van der Waals surface area (Å²) < 4.78 is 1.25. The summed E-state index contributed by atoms with van der Waals surface area (Å²) in [6, 6.07) is 1.27. The molecular weight excluding hydrogens is 212 g/mol. The zero-order valence-corrected chi connectivity index (χ0v) is 7.04. The Balaban J connectivity index is 3.31. The van der Waals surface area contributed by atoms with Crippen molar-refractivity contribution in [3.8, 4) is 0 Å². The molecule has 0 amide bonds. The van der Waals surface area contributed by atoms with E-state index >= 15 is 0 Å². The highest BCUT2D eigenvalue weighted by Crippen LogP contribution is 1.84. The van der Waals surface area contributed by atoms with Gasteiger partial charge < -0.3 is 0 Å². The highest BCUT2D eigenvalue weighted by molar-refractivity contribution is 9.11. The van der Waals surface area contributed by atoms with Gasteiger partial charge in [0.1, 0.15) is 0 Å². The summed E-state index contributed by atoms with van der Waals surface area (Å²) in [6.07, 6.45) is 2.87. The molecule has 0 saturated carbocycles. The van der Waals surface area contributed by atoms with Crippen molar-refractivity contribution in [2.45, 2.75) is 0 Å². The average molecular weight is 217 g/mol. The van der Waals surface area contributed by atoms with E-state index in [2.05, 4.69) is 20.9 Å².